The zero-order valence-electron chi connectivity index (χ0n) is 10.8. The number of carbonyl (C=O) groups excluding carboxylic acids is 1. The summed E-state index contributed by atoms with van der Waals surface area (Å²) in [7, 11) is 1.40. The Morgan fingerprint density at radius 1 is 1.56 bits per heavy atom. The van der Waals surface area contributed by atoms with Gasteiger partial charge in [-0.05, 0) is 24.3 Å². The number of aryl methyl sites for hydroxylation is 2. The molecule has 2 heterocycles. The number of hydrogen-bond donors (Lipinski definition) is 0. The van der Waals surface area contributed by atoms with Gasteiger partial charge in [-0.1, -0.05) is 6.92 Å². The average Bonchev–Trinajstić information content (AvgIpc) is 2.95. The highest BCUT2D eigenvalue weighted by molar-refractivity contribution is 7.12. The molecule has 4 nitrogen and oxygen atoms in total. The monoisotopic (exact) mass is 264 g/mol. The van der Waals surface area contributed by atoms with Crippen molar-refractivity contribution in [1.82, 2.24) is 9.78 Å². The lowest BCUT2D eigenvalue weighted by Crippen LogP contribution is -2.00. The third kappa shape index (κ3) is 2.31. The van der Waals surface area contributed by atoms with Crippen LogP contribution in [-0.4, -0.2) is 22.9 Å². The molecule has 18 heavy (non-hydrogen) atoms. The van der Waals surface area contributed by atoms with Crippen LogP contribution in [0.3, 0.4) is 0 Å². The van der Waals surface area contributed by atoms with Crippen molar-refractivity contribution in [2.45, 2.75) is 26.8 Å². The number of rotatable bonds is 4. The second-order valence-corrected chi connectivity index (χ2v) is 4.99. The summed E-state index contributed by atoms with van der Waals surface area (Å²) in [5.74, 6) is -0.286. The molecule has 2 aromatic heterocycles. The Bertz CT molecular complexity index is 557. The van der Waals surface area contributed by atoms with Crippen molar-refractivity contribution in [3.8, 4) is 11.1 Å². The zero-order chi connectivity index (χ0) is 13.1. The lowest BCUT2D eigenvalue weighted by molar-refractivity contribution is 0.0607. The van der Waals surface area contributed by atoms with Gasteiger partial charge in [0.15, 0.2) is 0 Å². The first-order chi connectivity index (χ1) is 8.67. The molecule has 0 saturated carbocycles. The molecule has 0 atom stereocenters. The molecule has 0 aromatic carbocycles. The summed E-state index contributed by atoms with van der Waals surface area (Å²) in [5, 5.41) is 6.27. The van der Waals surface area contributed by atoms with Crippen LogP contribution < -0.4 is 0 Å². The topological polar surface area (TPSA) is 44.1 Å². The van der Waals surface area contributed by atoms with E-state index in [2.05, 4.69) is 12.0 Å². The predicted molar refractivity (Wildman–Crippen MR) is 71.9 cm³/mol. The molecule has 0 aliphatic carbocycles. The lowest BCUT2D eigenvalue weighted by Gasteiger charge is -2.01. The highest BCUT2D eigenvalue weighted by Crippen LogP contribution is 2.32. The molecule has 0 amide bonds. The van der Waals surface area contributed by atoms with Gasteiger partial charge in [0.25, 0.3) is 0 Å². The highest BCUT2D eigenvalue weighted by atomic mass is 32.1. The van der Waals surface area contributed by atoms with E-state index in [1.54, 1.807) is 6.20 Å². The van der Waals surface area contributed by atoms with Crippen LogP contribution in [0.1, 0.15) is 28.6 Å². The Labute approximate surface area is 110 Å². The van der Waals surface area contributed by atoms with E-state index in [-0.39, 0.29) is 5.97 Å². The van der Waals surface area contributed by atoms with Crippen LogP contribution in [0.25, 0.3) is 11.1 Å². The minimum absolute atomic E-state index is 0.286. The fourth-order valence-electron chi connectivity index (χ4n) is 1.89. The quantitative estimate of drug-likeness (QED) is 0.797. The van der Waals surface area contributed by atoms with Crippen LogP contribution in [0.4, 0.5) is 0 Å². The van der Waals surface area contributed by atoms with Crippen LogP contribution in [-0.2, 0) is 11.3 Å². The number of nitrogens with zero attached hydrogens (tertiary/aromatic N) is 2. The maximum atomic E-state index is 11.7. The fourth-order valence-corrected chi connectivity index (χ4v) is 2.88. The third-order valence-corrected chi connectivity index (χ3v) is 3.80. The summed E-state index contributed by atoms with van der Waals surface area (Å²) < 4.78 is 6.71. The summed E-state index contributed by atoms with van der Waals surface area (Å²) >= 11 is 1.41. The summed E-state index contributed by atoms with van der Waals surface area (Å²) in [5.41, 5.74) is 2.99. The van der Waals surface area contributed by atoms with Gasteiger partial charge in [-0.2, -0.15) is 5.10 Å². The molecule has 5 heteroatoms. The van der Waals surface area contributed by atoms with Gasteiger partial charge < -0.3 is 4.74 Å². The van der Waals surface area contributed by atoms with E-state index in [0.717, 1.165) is 29.7 Å². The van der Waals surface area contributed by atoms with Gasteiger partial charge in [-0.15, -0.1) is 11.3 Å². The van der Waals surface area contributed by atoms with Crippen molar-refractivity contribution in [2.75, 3.05) is 7.11 Å². The van der Waals surface area contributed by atoms with E-state index in [4.69, 9.17) is 4.74 Å². The first-order valence-electron chi connectivity index (χ1n) is 5.86. The van der Waals surface area contributed by atoms with Gasteiger partial charge in [0.05, 0.1) is 13.3 Å². The number of esters is 1. The molecular formula is C13H16N2O2S. The molecule has 0 bridgehead atoms. The fraction of sp³-hybridized carbons (Fsp3) is 0.385. The molecule has 0 radical (unpaired) electrons. The molecule has 96 valence electrons. The number of hydrogen-bond acceptors (Lipinski definition) is 4. The summed E-state index contributed by atoms with van der Waals surface area (Å²) in [6.07, 6.45) is 4.82. The molecule has 0 aliphatic heterocycles. The first kappa shape index (κ1) is 12.8. The number of ether oxygens (including phenoxy) is 1. The van der Waals surface area contributed by atoms with Gasteiger partial charge in [-0.25, -0.2) is 4.79 Å². The predicted octanol–water partition coefficient (Wildman–Crippen LogP) is 3.12. The van der Waals surface area contributed by atoms with Crippen LogP contribution >= 0.6 is 11.3 Å². The van der Waals surface area contributed by atoms with E-state index in [1.807, 2.05) is 23.2 Å². The molecule has 0 saturated heterocycles. The summed E-state index contributed by atoms with van der Waals surface area (Å²) in [6.45, 7) is 4.99. The van der Waals surface area contributed by atoms with E-state index < -0.39 is 0 Å². The Morgan fingerprint density at radius 2 is 2.33 bits per heavy atom. The number of thiophene rings is 1. The number of carbonyl (C=O) groups is 1. The first-order valence-corrected chi connectivity index (χ1v) is 6.74. The van der Waals surface area contributed by atoms with Gasteiger partial charge in [0.2, 0.25) is 0 Å². The Kier molecular flexibility index (Phi) is 3.81. The average molecular weight is 264 g/mol. The normalized spacial score (nSPS) is 10.6. The van der Waals surface area contributed by atoms with Gasteiger partial charge in [0.1, 0.15) is 4.88 Å². The maximum absolute atomic E-state index is 11.7. The minimum Gasteiger partial charge on any atom is -0.465 e. The number of methoxy groups -OCH3 is 1. The van der Waals surface area contributed by atoms with Crippen LogP contribution in [0, 0.1) is 6.92 Å². The zero-order valence-corrected chi connectivity index (χ0v) is 11.6. The molecule has 0 unspecified atom stereocenters. The van der Waals surface area contributed by atoms with Crippen molar-refractivity contribution in [1.29, 1.82) is 0 Å². The molecular weight excluding hydrogens is 248 g/mol. The van der Waals surface area contributed by atoms with E-state index in [9.17, 15) is 4.79 Å². The number of aromatic nitrogens is 2. The second kappa shape index (κ2) is 5.35. The highest BCUT2D eigenvalue weighted by Gasteiger charge is 2.19. The van der Waals surface area contributed by atoms with Gasteiger partial charge in [0, 0.05) is 23.9 Å². The third-order valence-electron chi connectivity index (χ3n) is 2.72. The standard InChI is InChI=1S/C13H16N2O2S/c1-4-5-15-7-10(6-14-15)11-9(2)8-18-12(11)13(16)17-3/h6-8H,4-5H2,1-3H3. The van der Waals surface area contributed by atoms with Crippen molar-refractivity contribution in [2.24, 2.45) is 0 Å². The summed E-state index contributed by atoms with van der Waals surface area (Å²) in [4.78, 5) is 12.4. The van der Waals surface area contributed by atoms with E-state index >= 15 is 0 Å². The molecule has 2 aromatic rings. The molecule has 0 aliphatic rings. The Hall–Kier alpha value is -1.62. The van der Waals surface area contributed by atoms with Gasteiger partial charge in [-0.3, -0.25) is 4.68 Å². The molecule has 0 fully saturated rings. The van der Waals surface area contributed by atoms with Crippen LogP contribution in [0.15, 0.2) is 17.8 Å². The van der Waals surface area contributed by atoms with Crippen molar-refractivity contribution >= 4 is 17.3 Å². The maximum Gasteiger partial charge on any atom is 0.348 e. The molecule has 0 N–H and O–H groups in total. The largest absolute Gasteiger partial charge is 0.465 e. The van der Waals surface area contributed by atoms with Crippen molar-refractivity contribution in [3.63, 3.8) is 0 Å². The van der Waals surface area contributed by atoms with Crippen LogP contribution in [0.2, 0.25) is 0 Å². The second-order valence-electron chi connectivity index (χ2n) is 4.11. The molecule has 0 spiro atoms. The Balaban J connectivity index is 2.42. The van der Waals surface area contributed by atoms with Crippen molar-refractivity contribution < 1.29 is 9.53 Å². The Morgan fingerprint density at radius 3 is 3.00 bits per heavy atom. The molecule has 2 rings (SSSR count). The lowest BCUT2D eigenvalue weighted by atomic mass is 10.1. The smallest absolute Gasteiger partial charge is 0.348 e. The van der Waals surface area contributed by atoms with E-state index in [1.165, 1.54) is 18.4 Å². The SMILES string of the molecule is CCCn1cc(-c2c(C)csc2C(=O)OC)cn1. The van der Waals surface area contributed by atoms with E-state index in [0.29, 0.717) is 4.88 Å². The minimum atomic E-state index is -0.286. The van der Waals surface area contributed by atoms with Crippen molar-refractivity contribution in [3.05, 3.63) is 28.2 Å². The summed E-state index contributed by atoms with van der Waals surface area (Å²) in [6, 6.07) is 0. The van der Waals surface area contributed by atoms with Gasteiger partial charge >= 0.3 is 5.97 Å². The van der Waals surface area contributed by atoms with Crippen LogP contribution in [0.5, 0.6) is 0 Å².